The number of nitrogens with two attached hydrogens (primary N) is 1. The summed E-state index contributed by atoms with van der Waals surface area (Å²) in [6.45, 7) is 0.499. The van der Waals surface area contributed by atoms with Gasteiger partial charge < -0.3 is 10.5 Å². The number of aromatic nitrogens is 2. The van der Waals surface area contributed by atoms with E-state index in [1.54, 1.807) is 17.9 Å². The highest BCUT2D eigenvalue weighted by Gasteiger charge is 2.32. The molecule has 1 atom stereocenters. The molecule has 1 unspecified atom stereocenters. The Morgan fingerprint density at radius 3 is 2.70 bits per heavy atom. The number of hydrogen-bond donors (Lipinski definition) is 1. The van der Waals surface area contributed by atoms with E-state index in [0.29, 0.717) is 18.7 Å². The normalized spacial score (nSPS) is 19.7. The van der Waals surface area contributed by atoms with Crippen molar-refractivity contribution in [2.45, 2.75) is 18.7 Å². The number of methoxy groups -OCH3 is 1. The molecule has 0 spiro atoms. The van der Waals surface area contributed by atoms with E-state index >= 15 is 0 Å². The van der Waals surface area contributed by atoms with Crippen molar-refractivity contribution in [3.05, 3.63) is 65.9 Å². The van der Waals surface area contributed by atoms with Crippen molar-refractivity contribution in [3.8, 4) is 17.3 Å². The van der Waals surface area contributed by atoms with Crippen LogP contribution in [0.15, 0.2) is 54.6 Å². The summed E-state index contributed by atoms with van der Waals surface area (Å²) in [5.74, 6) is 0. The van der Waals surface area contributed by atoms with E-state index in [9.17, 15) is 5.26 Å². The molecule has 5 nitrogen and oxygen atoms in total. The standard InChI is InChI=1S/C18H18N4O/c1-23-18(9-3-2-4-10-18)22-17(11-16(13-20)21-22)15-7-5-14(12-19)6-8-15/h2-9,11H,10,12,19H2,1H3. The molecule has 1 aliphatic rings. The smallest absolute Gasteiger partial charge is 0.183 e. The Morgan fingerprint density at radius 1 is 1.35 bits per heavy atom. The van der Waals surface area contributed by atoms with Crippen LogP contribution in [0.5, 0.6) is 0 Å². The van der Waals surface area contributed by atoms with Crippen LogP contribution >= 0.6 is 0 Å². The Labute approximate surface area is 135 Å². The van der Waals surface area contributed by atoms with Crippen molar-refractivity contribution in [1.29, 1.82) is 5.26 Å². The van der Waals surface area contributed by atoms with Crippen molar-refractivity contribution >= 4 is 0 Å². The second-order valence-corrected chi connectivity index (χ2v) is 5.38. The third-order valence-corrected chi connectivity index (χ3v) is 4.04. The first kappa shape index (κ1) is 15.2. The zero-order valence-corrected chi connectivity index (χ0v) is 12.9. The first-order valence-electron chi connectivity index (χ1n) is 7.42. The molecule has 1 aromatic heterocycles. The van der Waals surface area contributed by atoms with Gasteiger partial charge in [0.2, 0.25) is 0 Å². The molecule has 1 aliphatic carbocycles. The van der Waals surface area contributed by atoms with Gasteiger partial charge in [0.1, 0.15) is 6.07 Å². The summed E-state index contributed by atoms with van der Waals surface area (Å²) >= 11 is 0. The number of nitrogens with zero attached hydrogens (tertiary/aromatic N) is 3. The SMILES string of the molecule is COC1(n2nc(C#N)cc2-c2ccc(CN)cc2)C=CC=CC1. The molecule has 0 amide bonds. The zero-order chi connectivity index (χ0) is 16.3. The molecule has 0 saturated heterocycles. The van der Waals surface area contributed by atoms with E-state index in [4.69, 9.17) is 10.5 Å². The molecule has 2 N–H and O–H groups in total. The highest BCUT2D eigenvalue weighted by molar-refractivity contribution is 5.62. The molecular weight excluding hydrogens is 288 g/mol. The molecule has 0 radical (unpaired) electrons. The predicted octanol–water partition coefficient (Wildman–Crippen LogP) is 2.70. The third-order valence-electron chi connectivity index (χ3n) is 4.04. The molecule has 1 heterocycles. The summed E-state index contributed by atoms with van der Waals surface area (Å²) < 4.78 is 7.54. The Kier molecular flexibility index (Phi) is 4.11. The lowest BCUT2D eigenvalue weighted by Gasteiger charge is -2.31. The zero-order valence-electron chi connectivity index (χ0n) is 12.9. The number of allylic oxidation sites excluding steroid dienone is 2. The Hall–Kier alpha value is -2.68. The minimum absolute atomic E-state index is 0.363. The topological polar surface area (TPSA) is 76.9 Å². The summed E-state index contributed by atoms with van der Waals surface area (Å²) in [5.41, 5.74) is 8.17. The average Bonchev–Trinajstić information content (AvgIpc) is 3.07. The van der Waals surface area contributed by atoms with Crippen LogP contribution in [0, 0.1) is 11.3 Å². The molecule has 2 aromatic rings. The molecule has 116 valence electrons. The summed E-state index contributed by atoms with van der Waals surface area (Å²) in [6.07, 6.45) is 8.54. The van der Waals surface area contributed by atoms with E-state index in [0.717, 1.165) is 16.8 Å². The first-order valence-corrected chi connectivity index (χ1v) is 7.42. The summed E-state index contributed by atoms with van der Waals surface area (Å²) in [6, 6.07) is 11.8. The van der Waals surface area contributed by atoms with E-state index in [1.807, 2.05) is 48.6 Å². The number of benzene rings is 1. The lowest BCUT2D eigenvalue weighted by atomic mass is 10.0. The number of ether oxygens (including phenoxy) is 1. The van der Waals surface area contributed by atoms with Crippen molar-refractivity contribution < 1.29 is 4.74 Å². The highest BCUT2D eigenvalue weighted by atomic mass is 16.5. The maximum atomic E-state index is 9.24. The summed E-state index contributed by atoms with van der Waals surface area (Å²) in [5, 5.41) is 13.7. The van der Waals surface area contributed by atoms with Gasteiger partial charge in [-0.2, -0.15) is 10.4 Å². The van der Waals surface area contributed by atoms with Crippen molar-refractivity contribution in [3.63, 3.8) is 0 Å². The minimum Gasteiger partial charge on any atom is -0.353 e. The number of rotatable bonds is 4. The predicted molar refractivity (Wildman–Crippen MR) is 88.1 cm³/mol. The van der Waals surface area contributed by atoms with Crippen LogP contribution in [0.1, 0.15) is 17.7 Å². The van der Waals surface area contributed by atoms with Crippen molar-refractivity contribution in [2.24, 2.45) is 5.73 Å². The molecule has 0 bridgehead atoms. The van der Waals surface area contributed by atoms with Crippen LogP contribution in [-0.4, -0.2) is 16.9 Å². The molecule has 23 heavy (non-hydrogen) atoms. The second kappa shape index (κ2) is 6.21. The van der Waals surface area contributed by atoms with Gasteiger partial charge >= 0.3 is 0 Å². The fourth-order valence-corrected chi connectivity index (χ4v) is 2.73. The lowest BCUT2D eigenvalue weighted by molar-refractivity contribution is -0.0412. The molecule has 0 saturated carbocycles. The number of nitriles is 1. The fraction of sp³-hybridized carbons (Fsp3) is 0.222. The van der Waals surface area contributed by atoms with Crippen LogP contribution < -0.4 is 5.73 Å². The fourth-order valence-electron chi connectivity index (χ4n) is 2.73. The maximum Gasteiger partial charge on any atom is 0.183 e. The first-order chi connectivity index (χ1) is 11.2. The lowest BCUT2D eigenvalue weighted by Crippen LogP contribution is -2.35. The van der Waals surface area contributed by atoms with Crippen LogP contribution in [-0.2, 0) is 17.0 Å². The van der Waals surface area contributed by atoms with Crippen LogP contribution in [0.3, 0.4) is 0 Å². The quantitative estimate of drug-likeness (QED) is 0.942. The van der Waals surface area contributed by atoms with Crippen molar-refractivity contribution in [2.75, 3.05) is 7.11 Å². The second-order valence-electron chi connectivity index (χ2n) is 5.38. The van der Waals surface area contributed by atoms with E-state index < -0.39 is 5.72 Å². The van der Waals surface area contributed by atoms with Gasteiger partial charge in [-0.15, -0.1) is 0 Å². The van der Waals surface area contributed by atoms with Gasteiger partial charge in [0, 0.05) is 26.1 Å². The molecule has 0 aliphatic heterocycles. The molecular formula is C18H18N4O. The molecule has 0 fully saturated rings. The van der Waals surface area contributed by atoms with Crippen LogP contribution in [0.4, 0.5) is 0 Å². The summed E-state index contributed by atoms with van der Waals surface area (Å²) in [4.78, 5) is 0. The largest absolute Gasteiger partial charge is 0.353 e. The van der Waals surface area contributed by atoms with Gasteiger partial charge in [0.25, 0.3) is 0 Å². The van der Waals surface area contributed by atoms with Gasteiger partial charge in [0.15, 0.2) is 11.4 Å². The Bertz CT molecular complexity index is 795. The van der Waals surface area contributed by atoms with Gasteiger partial charge in [-0.3, -0.25) is 0 Å². The number of hydrogen-bond acceptors (Lipinski definition) is 4. The Balaban J connectivity index is 2.13. The average molecular weight is 306 g/mol. The van der Waals surface area contributed by atoms with Gasteiger partial charge in [0.05, 0.1) is 5.69 Å². The van der Waals surface area contributed by atoms with E-state index in [2.05, 4.69) is 11.2 Å². The van der Waals surface area contributed by atoms with Crippen LogP contribution in [0.25, 0.3) is 11.3 Å². The minimum atomic E-state index is -0.717. The van der Waals surface area contributed by atoms with Crippen LogP contribution in [0.2, 0.25) is 0 Å². The van der Waals surface area contributed by atoms with Crippen molar-refractivity contribution in [1.82, 2.24) is 9.78 Å². The highest BCUT2D eigenvalue weighted by Crippen LogP contribution is 2.33. The molecule has 5 heteroatoms. The van der Waals surface area contributed by atoms with Gasteiger partial charge in [-0.05, 0) is 17.2 Å². The molecule has 3 rings (SSSR count). The van der Waals surface area contributed by atoms with Gasteiger partial charge in [-0.1, -0.05) is 42.5 Å². The van der Waals surface area contributed by atoms with E-state index in [-0.39, 0.29) is 0 Å². The Morgan fingerprint density at radius 2 is 2.13 bits per heavy atom. The summed E-state index contributed by atoms with van der Waals surface area (Å²) in [7, 11) is 1.65. The molecule has 1 aromatic carbocycles. The third kappa shape index (κ3) is 2.70. The monoisotopic (exact) mass is 306 g/mol. The maximum absolute atomic E-state index is 9.24. The van der Waals surface area contributed by atoms with E-state index in [1.165, 1.54) is 0 Å². The van der Waals surface area contributed by atoms with Gasteiger partial charge in [-0.25, -0.2) is 4.68 Å².